The minimum atomic E-state index is -3.36. The number of benzene rings is 1. The summed E-state index contributed by atoms with van der Waals surface area (Å²) in [4.78, 5) is 26.7. The van der Waals surface area contributed by atoms with Crippen LogP contribution in [-0.2, 0) is 19.4 Å². The summed E-state index contributed by atoms with van der Waals surface area (Å²) >= 11 is 0. The second-order valence-corrected chi connectivity index (χ2v) is 9.89. The van der Waals surface area contributed by atoms with Gasteiger partial charge in [0, 0.05) is 12.7 Å². The van der Waals surface area contributed by atoms with Crippen LogP contribution < -0.4 is 10.2 Å². The van der Waals surface area contributed by atoms with Crippen LogP contribution in [0.3, 0.4) is 0 Å². The van der Waals surface area contributed by atoms with Gasteiger partial charge in [0.25, 0.3) is 0 Å². The Morgan fingerprint density at radius 2 is 1.70 bits per heavy atom. The molecule has 0 saturated carbocycles. The zero-order valence-corrected chi connectivity index (χ0v) is 17.1. The van der Waals surface area contributed by atoms with Crippen molar-refractivity contribution in [3.63, 3.8) is 0 Å². The minimum Gasteiger partial charge on any atom is -0.443 e. The van der Waals surface area contributed by atoms with Crippen molar-refractivity contribution in [1.29, 1.82) is 0 Å². The van der Waals surface area contributed by atoms with Crippen LogP contribution in [0.15, 0.2) is 29.2 Å². The number of rotatable bonds is 4. The number of amides is 2. The Morgan fingerprint density at radius 3 is 2.19 bits per heavy atom. The molecule has 0 spiro atoms. The molecule has 0 radical (unpaired) electrons. The minimum absolute atomic E-state index is 0.126. The molecule has 2 amide bonds. The molecule has 1 aliphatic heterocycles. The van der Waals surface area contributed by atoms with Crippen LogP contribution in [0.2, 0.25) is 0 Å². The Labute approximate surface area is 161 Å². The van der Waals surface area contributed by atoms with Gasteiger partial charge >= 0.3 is 6.09 Å². The maximum atomic E-state index is 12.9. The second kappa shape index (κ2) is 8.39. The van der Waals surface area contributed by atoms with Gasteiger partial charge in [0.15, 0.2) is 9.84 Å². The van der Waals surface area contributed by atoms with Gasteiger partial charge in [-0.25, -0.2) is 18.1 Å². The average molecular weight is 397 g/mol. The van der Waals surface area contributed by atoms with E-state index < -0.39 is 21.5 Å². The Hall–Kier alpha value is -1.93. The number of hydrogen-bond donors (Lipinski definition) is 1. The fourth-order valence-corrected chi connectivity index (χ4v) is 3.56. The lowest BCUT2D eigenvalue weighted by molar-refractivity contribution is -0.119. The molecule has 0 atom stereocenters. The lowest BCUT2D eigenvalue weighted by Crippen LogP contribution is -2.42. The molecule has 0 bridgehead atoms. The van der Waals surface area contributed by atoms with Crippen LogP contribution in [0.4, 0.5) is 10.5 Å². The van der Waals surface area contributed by atoms with Crippen molar-refractivity contribution in [2.75, 3.05) is 24.2 Å². The molecule has 150 valence electrons. The summed E-state index contributed by atoms with van der Waals surface area (Å²) in [5.74, 6) is -0.137. The van der Waals surface area contributed by atoms with Crippen molar-refractivity contribution in [3.8, 4) is 0 Å². The van der Waals surface area contributed by atoms with Gasteiger partial charge in [-0.05, 0) is 76.9 Å². The van der Waals surface area contributed by atoms with Crippen LogP contribution >= 0.6 is 0 Å². The number of anilines is 1. The molecular formula is C19H28N2O5S. The van der Waals surface area contributed by atoms with E-state index >= 15 is 0 Å². The van der Waals surface area contributed by atoms with Crippen molar-refractivity contribution in [3.05, 3.63) is 24.3 Å². The van der Waals surface area contributed by atoms with Crippen LogP contribution in [0, 0.1) is 5.92 Å². The molecular weight excluding hydrogens is 368 g/mol. The second-order valence-electron chi connectivity index (χ2n) is 7.87. The van der Waals surface area contributed by atoms with Crippen LogP contribution in [-0.4, -0.2) is 45.4 Å². The van der Waals surface area contributed by atoms with Crippen molar-refractivity contribution >= 4 is 27.5 Å². The van der Waals surface area contributed by atoms with E-state index in [0.717, 1.165) is 37.1 Å². The van der Waals surface area contributed by atoms with Gasteiger partial charge in [-0.2, -0.15) is 0 Å². The van der Waals surface area contributed by atoms with Gasteiger partial charge < -0.3 is 10.1 Å². The van der Waals surface area contributed by atoms with E-state index in [9.17, 15) is 18.0 Å². The maximum absolute atomic E-state index is 12.9. The number of nitrogens with one attached hydrogen (secondary N) is 1. The Bertz CT molecular complexity index is 775. The van der Waals surface area contributed by atoms with E-state index in [-0.39, 0.29) is 23.1 Å². The first-order valence-electron chi connectivity index (χ1n) is 9.04. The lowest BCUT2D eigenvalue weighted by atomic mass is 9.94. The molecule has 1 saturated heterocycles. The number of imide groups is 1. The normalized spacial score (nSPS) is 16.0. The first-order valence-corrected chi connectivity index (χ1v) is 10.9. The van der Waals surface area contributed by atoms with Crippen molar-refractivity contribution in [2.45, 2.75) is 50.5 Å². The third-order valence-electron chi connectivity index (χ3n) is 4.27. The number of ether oxygens (including phenoxy) is 1. The number of carbonyl (C=O) groups is 2. The highest BCUT2D eigenvalue weighted by atomic mass is 32.2. The number of carbonyl (C=O) groups excluding carboxylic acids is 2. The van der Waals surface area contributed by atoms with E-state index in [4.69, 9.17) is 4.74 Å². The van der Waals surface area contributed by atoms with Crippen LogP contribution in [0.1, 0.15) is 40.0 Å². The topological polar surface area (TPSA) is 92.8 Å². The predicted octanol–water partition coefficient (Wildman–Crippen LogP) is 2.75. The number of nitrogens with zero attached hydrogens (tertiary/aromatic N) is 1. The summed E-state index contributed by atoms with van der Waals surface area (Å²) in [6.45, 7) is 6.90. The molecule has 1 aromatic carbocycles. The zero-order valence-electron chi connectivity index (χ0n) is 16.3. The molecule has 8 heteroatoms. The Morgan fingerprint density at radius 1 is 1.15 bits per heavy atom. The number of hydrogen-bond acceptors (Lipinski definition) is 6. The van der Waals surface area contributed by atoms with E-state index in [0.29, 0.717) is 5.69 Å². The molecule has 7 nitrogen and oxygen atoms in total. The maximum Gasteiger partial charge on any atom is 0.421 e. The lowest BCUT2D eigenvalue weighted by Gasteiger charge is -2.28. The quantitative estimate of drug-likeness (QED) is 0.841. The highest BCUT2D eigenvalue weighted by molar-refractivity contribution is 7.90. The summed E-state index contributed by atoms with van der Waals surface area (Å²) in [7, 11) is -3.36. The van der Waals surface area contributed by atoms with Crippen molar-refractivity contribution in [1.82, 2.24) is 5.32 Å². The zero-order chi connectivity index (χ0) is 20.2. The largest absolute Gasteiger partial charge is 0.443 e. The summed E-state index contributed by atoms with van der Waals surface area (Å²) in [5.41, 5.74) is -0.451. The smallest absolute Gasteiger partial charge is 0.421 e. The first kappa shape index (κ1) is 21.4. The standard InChI is InChI=1S/C19H28N2O5S/c1-19(2,3)26-18(23)21(17(22)13-14-9-11-20-12-10-14)15-5-7-16(8-6-15)27(4,24)25/h5-8,14,20H,9-13H2,1-4H3. The van der Waals surface area contributed by atoms with Crippen LogP contribution in [0.5, 0.6) is 0 Å². The molecule has 27 heavy (non-hydrogen) atoms. The summed E-state index contributed by atoms with van der Waals surface area (Å²) in [5, 5.41) is 3.25. The molecule has 1 fully saturated rings. The Balaban J connectivity index is 2.28. The summed E-state index contributed by atoms with van der Waals surface area (Å²) < 4.78 is 28.7. The van der Waals surface area contributed by atoms with Gasteiger partial charge in [0.1, 0.15) is 5.60 Å². The molecule has 1 aliphatic rings. The van der Waals surface area contributed by atoms with E-state index in [1.54, 1.807) is 20.8 Å². The number of sulfone groups is 1. The fraction of sp³-hybridized carbons (Fsp3) is 0.579. The monoisotopic (exact) mass is 396 g/mol. The van der Waals surface area contributed by atoms with Crippen molar-refractivity contribution in [2.24, 2.45) is 5.92 Å². The van der Waals surface area contributed by atoms with Gasteiger partial charge in [0.2, 0.25) is 5.91 Å². The number of piperidine rings is 1. The first-order chi connectivity index (χ1) is 12.5. The highest BCUT2D eigenvalue weighted by Crippen LogP contribution is 2.24. The molecule has 0 aromatic heterocycles. The van der Waals surface area contributed by atoms with E-state index in [2.05, 4.69) is 5.32 Å². The van der Waals surface area contributed by atoms with Gasteiger partial charge in [-0.1, -0.05) is 0 Å². The van der Waals surface area contributed by atoms with E-state index in [1.807, 2.05) is 0 Å². The van der Waals surface area contributed by atoms with Gasteiger partial charge in [0.05, 0.1) is 10.6 Å². The third-order valence-corrected chi connectivity index (χ3v) is 5.40. The molecule has 1 aromatic rings. The average Bonchev–Trinajstić information content (AvgIpc) is 2.54. The molecule has 1 heterocycles. The van der Waals surface area contributed by atoms with Gasteiger partial charge in [-0.3, -0.25) is 4.79 Å². The Kier molecular flexibility index (Phi) is 6.64. The summed E-state index contributed by atoms with van der Waals surface area (Å²) in [6.07, 6.45) is 2.35. The van der Waals surface area contributed by atoms with Gasteiger partial charge in [-0.15, -0.1) is 0 Å². The molecule has 0 unspecified atom stereocenters. The van der Waals surface area contributed by atoms with E-state index in [1.165, 1.54) is 24.3 Å². The third kappa shape index (κ3) is 6.32. The SMILES string of the molecule is CC(C)(C)OC(=O)N(C(=O)CC1CCNCC1)c1ccc(S(C)(=O)=O)cc1. The fourth-order valence-electron chi connectivity index (χ4n) is 2.93. The molecule has 2 rings (SSSR count). The highest BCUT2D eigenvalue weighted by Gasteiger charge is 2.30. The molecule has 1 N–H and O–H groups in total. The van der Waals surface area contributed by atoms with Crippen LogP contribution in [0.25, 0.3) is 0 Å². The predicted molar refractivity (Wildman–Crippen MR) is 103 cm³/mol. The van der Waals surface area contributed by atoms with Crippen molar-refractivity contribution < 1.29 is 22.7 Å². The summed E-state index contributed by atoms with van der Waals surface area (Å²) in [6, 6.07) is 5.70. The molecule has 0 aliphatic carbocycles.